The summed E-state index contributed by atoms with van der Waals surface area (Å²) in [5, 5.41) is 4.49. The molecule has 1 atom stereocenters. The van der Waals surface area contributed by atoms with Gasteiger partial charge >= 0.3 is 0 Å². The van der Waals surface area contributed by atoms with Crippen molar-refractivity contribution in [1.82, 2.24) is 9.78 Å². The second-order valence-electron chi connectivity index (χ2n) is 3.53. The van der Waals surface area contributed by atoms with E-state index in [0.717, 1.165) is 12.1 Å². The van der Waals surface area contributed by atoms with Crippen LogP contribution in [0, 0.1) is 13.8 Å². The van der Waals surface area contributed by atoms with E-state index in [1.54, 1.807) is 0 Å². The molecule has 13 heavy (non-hydrogen) atoms. The van der Waals surface area contributed by atoms with Crippen molar-refractivity contribution < 1.29 is 0 Å². The van der Waals surface area contributed by atoms with Crippen LogP contribution in [0.1, 0.15) is 36.8 Å². The molecule has 3 heteroatoms. The minimum Gasteiger partial charge on any atom is -0.328 e. The van der Waals surface area contributed by atoms with Crippen LogP contribution in [0.3, 0.4) is 0 Å². The normalized spacial score (nSPS) is 13.3. The van der Waals surface area contributed by atoms with Crippen LogP contribution in [-0.4, -0.2) is 16.3 Å². The zero-order valence-corrected chi connectivity index (χ0v) is 8.96. The number of rotatable bonds is 3. The first-order chi connectivity index (χ1) is 6.11. The van der Waals surface area contributed by atoms with E-state index in [1.807, 2.05) is 4.68 Å². The van der Waals surface area contributed by atoms with Gasteiger partial charge in [0.05, 0.1) is 11.7 Å². The Bertz CT molecular complexity index is 289. The molecule has 1 heterocycles. The van der Waals surface area contributed by atoms with Crippen LogP contribution in [0.2, 0.25) is 0 Å². The molecular formula is C10H19N3. The Balaban J connectivity index is 3.10. The maximum Gasteiger partial charge on any atom is 0.0628 e. The summed E-state index contributed by atoms with van der Waals surface area (Å²) < 4.78 is 2.04. The molecule has 0 aliphatic heterocycles. The highest BCUT2D eigenvalue weighted by Crippen LogP contribution is 2.16. The first kappa shape index (κ1) is 10.3. The number of nitrogens with two attached hydrogens (primary N) is 1. The molecule has 1 rings (SSSR count). The van der Waals surface area contributed by atoms with Gasteiger partial charge in [0.1, 0.15) is 0 Å². The predicted octanol–water partition coefficient (Wildman–Crippen LogP) is 1.58. The van der Waals surface area contributed by atoms with Crippen LogP contribution < -0.4 is 5.73 Å². The largest absolute Gasteiger partial charge is 0.328 e. The first-order valence-electron chi connectivity index (χ1n) is 4.86. The molecule has 0 bridgehead atoms. The number of aryl methyl sites for hydroxylation is 1. The van der Waals surface area contributed by atoms with Gasteiger partial charge in [-0.25, -0.2) is 0 Å². The summed E-state index contributed by atoms with van der Waals surface area (Å²) in [4.78, 5) is 0. The fourth-order valence-electron chi connectivity index (χ4n) is 1.74. The third-order valence-electron chi connectivity index (χ3n) is 2.59. The highest BCUT2D eigenvalue weighted by molar-refractivity contribution is 5.24. The molecule has 3 nitrogen and oxygen atoms in total. The predicted molar refractivity (Wildman–Crippen MR) is 54.8 cm³/mol. The minimum absolute atomic E-state index is 0.305. The Kier molecular flexibility index (Phi) is 3.09. The van der Waals surface area contributed by atoms with Crippen molar-refractivity contribution in [2.45, 2.75) is 40.2 Å². The smallest absolute Gasteiger partial charge is 0.0628 e. The van der Waals surface area contributed by atoms with Crippen molar-refractivity contribution in [2.75, 3.05) is 6.54 Å². The van der Waals surface area contributed by atoms with E-state index < -0.39 is 0 Å². The van der Waals surface area contributed by atoms with E-state index >= 15 is 0 Å². The zero-order valence-electron chi connectivity index (χ0n) is 8.96. The lowest BCUT2D eigenvalue weighted by atomic mass is 10.1. The van der Waals surface area contributed by atoms with Gasteiger partial charge in [0.15, 0.2) is 0 Å². The second kappa shape index (κ2) is 3.92. The maximum absolute atomic E-state index is 5.61. The topological polar surface area (TPSA) is 43.8 Å². The zero-order chi connectivity index (χ0) is 10.0. The van der Waals surface area contributed by atoms with E-state index in [0.29, 0.717) is 12.6 Å². The first-order valence-corrected chi connectivity index (χ1v) is 4.86. The molecule has 0 fully saturated rings. The highest BCUT2D eigenvalue weighted by Gasteiger charge is 2.12. The summed E-state index contributed by atoms with van der Waals surface area (Å²) in [5.41, 5.74) is 9.38. The van der Waals surface area contributed by atoms with Gasteiger partial charge in [-0.1, -0.05) is 6.92 Å². The molecule has 0 radical (unpaired) electrons. The molecule has 0 aromatic carbocycles. The second-order valence-corrected chi connectivity index (χ2v) is 3.53. The Morgan fingerprint density at radius 2 is 2.08 bits per heavy atom. The third-order valence-corrected chi connectivity index (χ3v) is 2.59. The molecule has 1 aromatic heterocycles. The van der Waals surface area contributed by atoms with E-state index in [9.17, 15) is 0 Å². The van der Waals surface area contributed by atoms with Crippen LogP contribution in [-0.2, 0) is 6.42 Å². The van der Waals surface area contributed by atoms with Crippen molar-refractivity contribution in [2.24, 2.45) is 5.73 Å². The van der Waals surface area contributed by atoms with Crippen molar-refractivity contribution in [3.05, 3.63) is 17.0 Å². The summed E-state index contributed by atoms with van der Waals surface area (Å²) in [7, 11) is 0. The van der Waals surface area contributed by atoms with Gasteiger partial charge in [0, 0.05) is 12.2 Å². The minimum atomic E-state index is 0.305. The van der Waals surface area contributed by atoms with Crippen molar-refractivity contribution in [1.29, 1.82) is 0 Å². The Labute approximate surface area is 79.9 Å². The van der Waals surface area contributed by atoms with Gasteiger partial charge in [-0.3, -0.25) is 4.68 Å². The van der Waals surface area contributed by atoms with Gasteiger partial charge in [-0.2, -0.15) is 5.10 Å². The van der Waals surface area contributed by atoms with Gasteiger partial charge < -0.3 is 5.73 Å². The number of hydrogen-bond acceptors (Lipinski definition) is 2. The van der Waals surface area contributed by atoms with Gasteiger partial charge in [0.25, 0.3) is 0 Å². The van der Waals surface area contributed by atoms with Crippen LogP contribution >= 0.6 is 0 Å². The molecule has 74 valence electrons. The molecular weight excluding hydrogens is 162 g/mol. The van der Waals surface area contributed by atoms with E-state index in [1.165, 1.54) is 11.3 Å². The Morgan fingerprint density at radius 1 is 1.46 bits per heavy atom. The van der Waals surface area contributed by atoms with Crippen LogP contribution in [0.5, 0.6) is 0 Å². The lowest BCUT2D eigenvalue weighted by Gasteiger charge is -2.11. The lowest BCUT2D eigenvalue weighted by molar-refractivity contribution is 0.486. The molecule has 0 spiro atoms. The van der Waals surface area contributed by atoms with Gasteiger partial charge in [0.2, 0.25) is 0 Å². The summed E-state index contributed by atoms with van der Waals surface area (Å²) >= 11 is 0. The quantitative estimate of drug-likeness (QED) is 0.769. The molecule has 0 aliphatic carbocycles. The Morgan fingerprint density at radius 3 is 2.46 bits per heavy atom. The van der Waals surface area contributed by atoms with E-state index in [-0.39, 0.29) is 0 Å². The molecule has 1 aromatic rings. The lowest BCUT2D eigenvalue weighted by Crippen LogP contribution is -2.18. The number of nitrogens with zero attached hydrogens (tertiary/aromatic N) is 2. The summed E-state index contributed by atoms with van der Waals surface area (Å²) in [5.74, 6) is 0. The average Bonchev–Trinajstić information content (AvgIpc) is 2.40. The van der Waals surface area contributed by atoms with Crippen molar-refractivity contribution in [3.8, 4) is 0 Å². The standard InChI is InChI=1S/C10H19N3/c1-5-10-8(3)12-13(9(10)4)7(2)6-11/h7H,5-6,11H2,1-4H3. The molecule has 0 saturated heterocycles. The molecule has 1 unspecified atom stereocenters. The van der Waals surface area contributed by atoms with E-state index in [2.05, 4.69) is 32.8 Å². The molecule has 0 amide bonds. The summed E-state index contributed by atoms with van der Waals surface area (Å²) in [6.07, 6.45) is 1.05. The molecule has 0 aliphatic rings. The monoisotopic (exact) mass is 181 g/mol. The average molecular weight is 181 g/mol. The third kappa shape index (κ3) is 1.75. The van der Waals surface area contributed by atoms with Gasteiger partial charge in [-0.15, -0.1) is 0 Å². The summed E-state index contributed by atoms with van der Waals surface area (Å²) in [6, 6.07) is 0.305. The highest BCUT2D eigenvalue weighted by atomic mass is 15.3. The van der Waals surface area contributed by atoms with Crippen LogP contribution in [0.15, 0.2) is 0 Å². The number of aromatic nitrogens is 2. The SMILES string of the molecule is CCc1c(C)nn(C(C)CN)c1C. The van der Waals surface area contributed by atoms with Gasteiger partial charge in [-0.05, 0) is 32.8 Å². The number of hydrogen-bond donors (Lipinski definition) is 1. The fraction of sp³-hybridized carbons (Fsp3) is 0.700. The van der Waals surface area contributed by atoms with Crippen LogP contribution in [0.4, 0.5) is 0 Å². The van der Waals surface area contributed by atoms with Crippen LogP contribution in [0.25, 0.3) is 0 Å². The van der Waals surface area contributed by atoms with E-state index in [4.69, 9.17) is 5.73 Å². The van der Waals surface area contributed by atoms with Crippen molar-refractivity contribution >= 4 is 0 Å². The Hall–Kier alpha value is -0.830. The molecule has 2 N–H and O–H groups in total. The summed E-state index contributed by atoms with van der Waals surface area (Å²) in [6.45, 7) is 9.08. The molecule has 0 saturated carbocycles. The maximum atomic E-state index is 5.61. The fourth-order valence-corrected chi connectivity index (χ4v) is 1.74. The van der Waals surface area contributed by atoms with Crippen molar-refractivity contribution in [3.63, 3.8) is 0 Å².